The first-order valence-electron chi connectivity index (χ1n) is 10.4. The fourth-order valence-electron chi connectivity index (χ4n) is 4.16. The molecular weight excluding hydrogens is 392 g/mol. The van der Waals surface area contributed by atoms with Crippen molar-refractivity contribution in [3.63, 3.8) is 0 Å². The highest BCUT2D eigenvalue weighted by atomic mass is 16.5. The Balaban J connectivity index is 1.23. The second-order valence-electron chi connectivity index (χ2n) is 7.63. The molecule has 1 aromatic carbocycles. The van der Waals surface area contributed by atoms with Gasteiger partial charge in [-0.05, 0) is 30.2 Å². The van der Waals surface area contributed by atoms with Gasteiger partial charge in [-0.15, -0.1) is 0 Å². The van der Waals surface area contributed by atoms with Crippen LogP contribution in [-0.2, 0) is 6.42 Å². The Labute approximate surface area is 181 Å². The molecule has 0 atom stereocenters. The Kier molecular flexibility index (Phi) is 5.11. The van der Waals surface area contributed by atoms with Crippen molar-refractivity contribution >= 4 is 23.2 Å². The summed E-state index contributed by atoms with van der Waals surface area (Å²) in [6.07, 6.45) is 5.95. The molecule has 1 saturated heterocycles. The topological polar surface area (TPSA) is 74.7 Å². The summed E-state index contributed by atoms with van der Waals surface area (Å²) in [5.41, 5.74) is 2.85. The highest BCUT2D eigenvalue weighted by Gasteiger charge is 2.26. The van der Waals surface area contributed by atoms with E-state index in [0.717, 1.165) is 56.5 Å². The fraction of sp³-hybridized carbons (Fsp3) is 0.304. The van der Waals surface area contributed by atoms with Crippen LogP contribution in [0.3, 0.4) is 0 Å². The van der Waals surface area contributed by atoms with Crippen molar-refractivity contribution in [2.24, 2.45) is 0 Å². The Morgan fingerprint density at radius 1 is 0.903 bits per heavy atom. The Morgan fingerprint density at radius 2 is 1.68 bits per heavy atom. The van der Waals surface area contributed by atoms with Crippen molar-refractivity contribution in [1.82, 2.24) is 15.0 Å². The summed E-state index contributed by atoms with van der Waals surface area (Å²) in [4.78, 5) is 32.5. The number of amides is 1. The normalized spacial score (nSPS) is 15.7. The summed E-state index contributed by atoms with van der Waals surface area (Å²) in [6, 6.07) is 11.9. The average Bonchev–Trinajstić information content (AvgIpc) is 3.28. The van der Waals surface area contributed by atoms with Gasteiger partial charge in [0.05, 0.1) is 25.1 Å². The molecule has 2 aromatic heterocycles. The second-order valence-corrected chi connectivity index (χ2v) is 7.63. The quantitative estimate of drug-likeness (QED) is 0.647. The summed E-state index contributed by atoms with van der Waals surface area (Å²) in [5.74, 6) is 2.22. The van der Waals surface area contributed by atoms with E-state index in [4.69, 9.17) is 4.74 Å². The predicted molar refractivity (Wildman–Crippen MR) is 119 cm³/mol. The van der Waals surface area contributed by atoms with Gasteiger partial charge in [-0.3, -0.25) is 9.78 Å². The maximum Gasteiger partial charge on any atom is 0.259 e. The zero-order valence-corrected chi connectivity index (χ0v) is 17.4. The Hall–Kier alpha value is -3.68. The zero-order valence-electron chi connectivity index (χ0n) is 17.4. The molecule has 5 rings (SSSR count). The number of methoxy groups -OCH3 is 1. The molecule has 2 aliphatic heterocycles. The van der Waals surface area contributed by atoms with Crippen molar-refractivity contribution in [2.75, 3.05) is 54.5 Å². The summed E-state index contributed by atoms with van der Waals surface area (Å²) in [6.45, 7) is 3.98. The molecule has 8 heteroatoms. The first-order valence-corrected chi connectivity index (χ1v) is 10.4. The van der Waals surface area contributed by atoms with E-state index in [1.807, 2.05) is 35.2 Å². The summed E-state index contributed by atoms with van der Waals surface area (Å²) < 4.78 is 5.17. The van der Waals surface area contributed by atoms with Crippen molar-refractivity contribution in [3.8, 4) is 5.88 Å². The van der Waals surface area contributed by atoms with E-state index in [-0.39, 0.29) is 5.91 Å². The number of rotatable bonds is 4. The van der Waals surface area contributed by atoms with Crippen LogP contribution in [-0.4, -0.2) is 60.7 Å². The number of carbonyl (C=O) groups is 1. The van der Waals surface area contributed by atoms with Gasteiger partial charge >= 0.3 is 0 Å². The lowest BCUT2D eigenvalue weighted by molar-refractivity contribution is 0.0989. The number of pyridine rings is 1. The Bertz CT molecular complexity index is 1080. The molecule has 0 bridgehead atoms. The Morgan fingerprint density at radius 3 is 2.42 bits per heavy atom. The molecule has 0 radical (unpaired) electrons. The van der Waals surface area contributed by atoms with Crippen LogP contribution in [0.25, 0.3) is 0 Å². The third kappa shape index (κ3) is 3.76. The largest absolute Gasteiger partial charge is 0.480 e. The smallest absolute Gasteiger partial charge is 0.259 e. The number of aromatic nitrogens is 3. The van der Waals surface area contributed by atoms with Crippen LogP contribution in [0.2, 0.25) is 0 Å². The summed E-state index contributed by atoms with van der Waals surface area (Å²) in [7, 11) is 1.59. The second kappa shape index (κ2) is 8.22. The number of nitrogens with zero attached hydrogens (tertiary/aromatic N) is 6. The molecular formula is C23H24N6O2. The number of ether oxygens (including phenoxy) is 1. The molecule has 0 spiro atoms. The minimum absolute atomic E-state index is 0.00502. The average molecular weight is 416 g/mol. The number of benzene rings is 1. The first-order chi connectivity index (χ1) is 15.2. The van der Waals surface area contributed by atoms with Gasteiger partial charge in [0.25, 0.3) is 5.91 Å². The number of hydrogen-bond acceptors (Lipinski definition) is 7. The molecule has 0 aliphatic carbocycles. The van der Waals surface area contributed by atoms with Crippen molar-refractivity contribution < 1.29 is 9.53 Å². The van der Waals surface area contributed by atoms with Crippen LogP contribution in [0.15, 0.2) is 55.0 Å². The lowest BCUT2D eigenvalue weighted by Gasteiger charge is -2.36. The zero-order chi connectivity index (χ0) is 21.2. The molecule has 0 unspecified atom stereocenters. The van der Waals surface area contributed by atoms with E-state index < -0.39 is 0 Å². The van der Waals surface area contributed by atoms with Gasteiger partial charge in [-0.1, -0.05) is 18.2 Å². The van der Waals surface area contributed by atoms with Crippen LogP contribution in [0.5, 0.6) is 5.88 Å². The molecule has 8 nitrogen and oxygen atoms in total. The van der Waals surface area contributed by atoms with E-state index >= 15 is 0 Å². The molecule has 1 fully saturated rings. The van der Waals surface area contributed by atoms with Gasteiger partial charge in [0.15, 0.2) is 5.82 Å². The van der Waals surface area contributed by atoms with Crippen LogP contribution < -0.4 is 19.4 Å². The molecule has 1 amide bonds. The third-order valence-corrected chi connectivity index (χ3v) is 5.86. The minimum Gasteiger partial charge on any atom is -0.480 e. The van der Waals surface area contributed by atoms with E-state index in [9.17, 15) is 4.79 Å². The van der Waals surface area contributed by atoms with E-state index in [2.05, 4.69) is 30.8 Å². The molecule has 2 aliphatic rings. The lowest BCUT2D eigenvalue weighted by Crippen LogP contribution is -2.47. The van der Waals surface area contributed by atoms with Gasteiger partial charge in [0.2, 0.25) is 5.88 Å². The standard InChI is InChI=1S/C23H24N6O2/c1-31-22-16-24-15-21(26-22)28-12-10-27(11-13-28)20-7-6-18(14-25-20)23(30)29-9-8-17-4-2-3-5-19(17)29/h2-7,14-16H,8-13H2,1H3. The van der Waals surface area contributed by atoms with E-state index in [1.165, 1.54) is 5.56 Å². The van der Waals surface area contributed by atoms with Gasteiger partial charge in [-0.2, -0.15) is 4.98 Å². The number of anilines is 3. The van der Waals surface area contributed by atoms with Crippen LogP contribution in [0.1, 0.15) is 15.9 Å². The molecule has 4 heterocycles. The predicted octanol–water partition coefficient (Wildman–Crippen LogP) is 2.41. The maximum absolute atomic E-state index is 13.0. The third-order valence-electron chi connectivity index (χ3n) is 5.86. The van der Waals surface area contributed by atoms with Crippen LogP contribution in [0.4, 0.5) is 17.3 Å². The van der Waals surface area contributed by atoms with Crippen molar-refractivity contribution in [1.29, 1.82) is 0 Å². The first kappa shape index (κ1) is 19.3. The van der Waals surface area contributed by atoms with Gasteiger partial charge in [0, 0.05) is 44.6 Å². The highest BCUT2D eigenvalue weighted by molar-refractivity contribution is 6.07. The highest BCUT2D eigenvalue weighted by Crippen LogP contribution is 2.29. The number of hydrogen-bond donors (Lipinski definition) is 0. The molecule has 31 heavy (non-hydrogen) atoms. The summed E-state index contributed by atoms with van der Waals surface area (Å²) >= 11 is 0. The SMILES string of the molecule is COc1cncc(N2CCN(c3ccc(C(=O)N4CCc5ccccc54)cn3)CC2)n1. The van der Waals surface area contributed by atoms with E-state index in [1.54, 1.807) is 25.7 Å². The number of fused-ring (bicyclic) bond motifs is 1. The minimum atomic E-state index is 0.00502. The lowest BCUT2D eigenvalue weighted by atomic mass is 10.2. The molecule has 158 valence electrons. The van der Waals surface area contributed by atoms with Gasteiger partial charge in [-0.25, -0.2) is 4.98 Å². The molecule has 3 aromatic rings. The maximum atomic E-state index is 13.0. The van der Waals surface area contributed by atoms with Crippen molar-refractivity contribution in [3.05, 3.63) is 66.1 Å². The molecule has 0 N–H and O–H groups in total. The van der Waals surface area contributed by atoms with E-state index in [0.29, 0.717) is 11.4 Å². The number of para-hydroxylation sites is 1. The fourth-order valence-corrected chi connectivity index (χ4v) is 4.16. The summed E-state index contributed by atoms with van der Waals surface area (Å²) in [5, 5.41) is 0. The van der Waals surface area contributed by atoms with Crippen LogP contribution >= 0.6 is 0 Å². The van der Waals surface area contributed by atoms with Crippen molar-refractivity contribution in [2.45, 2.75) is 6.42 Å². The van der Waals surface area contributed by atoms with Gasteiger partial charge < -0.3 is 19.4 Å². The number of carbonyl (C=O) groups excluding carboxylic acids is 1. The number of piperazine rings is 1. The molecule has 0 saturated carbocycles. The van der Waals surface area contributed by atoms with Crippen LogP contribution in [0, 0.1) is 0 Å². The monoisotopic (exact) mass is 416 g/mol. The van der Waals surface area contributed by atoms with Gasteiger partial charge in [0.1, 0.15) is 5.82 Å².